The van der Waals surface area contributed by atoms with Gasteiger partial charge in [0.05, 0.1) is 7.11 Å². The van der Waals surface area contributed by atoms with Crippen molar-refractivity contribution in [1.29, 1.82) is 0 Å². The van der Waals surface area contributed by atoms with Crippen molar-refractivity contribution in [3.63, 3.8) is 0 Å². The van der Waals surface area contributed by atoms with Gasteiger partial charge < -0.3 is 14.5 Å². The molecule has 121 valence electrons. The number of anilines is 1. The SMILES string of the molecule is [CH2]c1c(-c2cccc(Cl)c2)cc(OC)cc1N1CCN(C)CC1. The van der Waals surface area contributed by atoms with Crippen LogP contribution in [-0.4, -0.2) is 45.2 Å². The van der Waals surface area contributed by atoms with Crippen molar-refractivity contribution in [2.75, 3.05) is 45.2 Å². The summed E-state index contributed by atoms with van der Waals surface area (Å²) in [5, 5.41) is 0.728. The first-order valence-corrected chi connectivity index (χ1v) is 8.19. The van der Waals surface area contributed by atoms with Crippen LogP contribution in [0.15, 0.2) is 36.4 Å². The van der Waals surface area contributed by atoms with Gasteiger partial charge in [0.25, 0.3) is 0 Å². The molecule has 0 bridgehead atoms. The largest absolute Gasteiger partial charge is 0.497 e. The van der Waals surface area contributed by atoms with Crippen molar-refractivity contribution in [2.45, 2.75) is 0 Å². The zero-order chi connectivity index (χ0) is 16.4. The van der Waals surface area contributed by atoms with Gasteiger partial charge in [-0.2, -0.15) is 0 Å². The summed E-state index contributed by atoms with van der Waals surface area (Å²) >= 11 is 6.16. The molecular weight excluding hydrogens is 308 g/mol. The Hall–Kier alpha value is -1.71. The van der Waals surface area contributed by atoms with Crippen molar-refractivity contribution < 1.29 is 4.74 Å². The molecule has 1 fully saturated rings. The number of rotatable bonds is 3. The molecule has 23 heavy (non-hydrogen) atoms. The van der Waals surface area contributed by atoms with Gasteiger partial charge in [0.1, 0.15) is 5.75 Å². The summed E-state index contributed by atoms with van der Waals surface area (Å²) in [4.78, 5) is 4.73. The Bertz CT molecular complexity index is 694. The number of hydrogen-bond donors (Lipinski definition) is 0. The second-order valence-electron chi connectivity index (χ2n) is 5.97. The van der Waals surface area contributed by atoms with E-state index in [1.807, 2.05) is 24.3 Å². The number of ether oxygens (including phenoxy) is 1. The molecule has 0 N–H and O–H groups in total. The van der Waals surface area contributed by atoms with Crippen LogP contribution in [0.5, 0.6) is 5.75 Å². The first-order chi connectivity index (χ1) is 11.1. The molecule has 1 radical (unpaired) electrons. The number of methoxy groups -OCH3 is 1. The van der Waals surface area contributed by atoms with E-state index in [2.05, 4.69) is 35.9 Å². The Balaban J connectivity index is 2.05. The molecule has 0 amide bonds. The van der Waals surface area contributed by atoms with Gasteiger partial charge in [-0.1, -0.05) is 23.7 Å². The van der Waals surface area contributed by atoms with E-state index in [1.54, 1.807) is 7.11 Å². The summed E-state index contributed by atoms with van der Waals surface area (Å²) in [6.07, 6.45) is 0. The standard InChI is InChI=1S/C19H22ClN2O/c1-14-18(15-5-4-6-16(20)11-15)12-17(23-3)13-19(14)22-9-7-21(2)8-10-22/h4-6,11-13H,1,7-10H2,2-3H3. The highest BCUT2D eigenvalue weighted by atomic mass is 35.5. The van der Waals surface area contributed by atoms with E-state index < -0.39 is 0 Å². The summed E-state index contributed by atoms with van der Waals surface area (Å²) in [5.41, 5.74) is 4.31. The molecule has 3 nitrogen and oxygen atoms in total. The van der Waals surface area contributed by atoms with Crippen LogP contribution in [0.2, 0.25) is 5.02 Å². The quantitative estimate of drug-likeness (QED) is 0.848. The van der Waals surface area contributed by atoms with Gasteiger partial charge in [0.15, 0.2) is 0 Å². The Morgan fingerprint density at radius 3 is 2.48 bits per heavy atom. The zero-order valence-corrected chi connectivity index (χ0v) is 14.4. The molecule has 3 rings (SSSR count). The first-order valence-electron chi connectivity index (χ1n) is 7.82. The number of likely N-dealkylation sites (N-methyl/N-ethyl adjacent to an activating group) is 1. The fourth-order valence-electron chi connectivity index (χ4n) is 2.99. The van der Waals surface area contributed by atoms with Gasteiger partial charge in [0, 0.05) is 43.0 Å². The van der Waals surface area contributed by atoms with Crippen LogP contribution in [-0.2, 0) is 0 Å². The molecular formula is C19H22ClN2O. The minimum Gasteiger partial charge on any atom is -0.497 e. The fourth-order valence-corrected chi connectivity index (χ4v) is 3.18. The van der Waals surface area contributed by atoms with Crippen LogP contribution in [0.3, 0.4) is 0 Å². The van der Waals surface area contributed by atoms with E-state index in [4.69, 9.17) is 16.3 Å². The first kappa shape index (κ1) is 16.2. The molecule has 0 saturated carbocycles. The van der Waals surface area contributed by atoms with Crippen LogP contribution in [0.1, 0.15) is 5.56 Å². The summed E-state index contributed by atoms with van der Waals surface area (Å²) in [5.74, 6) is 0.848. The maximum atomic E-state index is 6.16. The molecule has 1 heterocycles. The summed E-state index contributed by atoms with van der Waals surface area (Å²) in [6, 6.07) is 12.0. The normalized spacial score (nSPS) is 15.7. The van der Waals surface area contributed by atoms with Gasteiger partial charge in [-0.25, -0.2) is 0 Å². The number of benzene rings is 2. The molecule has 1 aliphatic heterocycles. The molecule has 2 aromatic rings. The lowest BCUT2D eigenvalue weighted by atomic mass is 9.98. The summed E-state index contributed by atoms with van der Waals surface area (Å²) in [7, 11) is 3.86. The monoisotopic (exact) mass is 329 g/mol. The molecule has 1 aliphatic rings. The van der Waals surface area contributed by atoms with Crippen molar-refractivity contribution >= 4 is 17.3 Å². The van der Waals surface area contributed by atoms with Gasteiger partial charge in [0.2, 0.25) is 0 Å². The Labute approximate surface area is 143 Å². The predicted octanol–water partition coefficient (Wildman–Crippen LogP) is 3.95. The van der Waals surface area contributed by atoms with Crippen LogP contribution in [0, 0.1) is 6.92 Å². The number of nitrogens with zero attached hydrogens (tertiary/aromatic N) is 2. The summed E-state index contributed by atoms with van der Waals surface area (Å²) in [6.45, 7) is 8.46. The van der Waals surface area contributed by atoms with Crippen LogP contribution in [0.25, 0.3) is 11.1 Å². The predicted molar refractivity (Wildman–Crippen MR) is 97.6 cm³/mol. The molecule has 0 aromatic heterocycles. The molecule has 0 aliphatic carbocycles. The lowest BCUT2D eigenvalue weighted by Gasteiger charge is -2.35. The van der Waals surface area contributed by atoms with Gasteiger partial charge in [-0.3, -0.25) is 0 Å². The zero-order valence-electron chi connectivity index (χ0n) is 13.7. The topological polar surface area (TPSA) is 15.7 Å². The third kappa shape index (κ3) is 3.46. The van der Waals surface area contributed by atoms with Crippen molar-refractivity contribution in [2.24, 2.45) is 0 Å². The number of piperazine rings is 1. The lowest BCUT2D eigenvalue weighted by Crippen LogP contribution is -2.44. The van der Waals surface area contributed by atoms with E-state index >= 15 is 0 Å². The van der Waals surface area contributed by atoms with E-state index in [1.165, 1.54) is 0 Å². The van der Waals surface area contributed by atoms with Crippen molar-refractivity contribution in [1.82, 2.24) is 4.90 Å². The molecule has 2 aromatic carbocycles. The highest BCUT2D eigenvalue weighted by Crippen LogP contribution is 2.36. The Kier molecular flexibility index (Phi) is 4.79. The Morgan fingerprint density at radius 2 is 1.83 bits per heavy atom. The maximum Gasteiger partial charge on any atom is 0.121 e. The van der Waals surface area contributed by atoms with Gasteiger partial charge in [-0.05, 0) is 48.9 Å². The van der Waals surface area contributed by atoms with E-state index in [0.717, 1.165) is 59.3 Å². The fraction of sp³-hybridized carbons (Fsp3) is 0.316. The van der Waals surface area contributed by atoms with E-state index in [9.17, 15) is 0 Å². The van der Waals surface area contributed by atoms with E-state index in [0.29, 0.717) is 0 Å². The molecule has 0 spiro atoms. The average molecular weight is 330 g/mol. The van der Waals surface area contributed by atoms with Crippen molar-refractivity contribution in [3.8, 4) is 16.9 Å². The average Bonchev–Trinajstić information content (AvgIpc) is 2.56. The third-order valence-electron chi connectivity index (χ3n) is 4.42. The molecule has 0 atom stereocenters. The van der Waals surface area contributed by atoms with Crippen molar-refractivity contribution in [3.05, 3.63) is 53.9 Å². The van der Waals surface area contributed by atoms with E-state index in [-0.39, 0.29) is 0 Å². The third-order valence-corrected chi connectivity index (χ3v) is 4.65. The molecule has 0 unspecified atom stereocenters. The maximum absolute atomic E-state index is 6.16. The Morgan fingerprint density at radius 1 is 1.09 bits per heavy atom. The minimum absolute atomic E-state index is 0.728. The molecule has 1 saturated heterocycles. The van der Waals surface area contributed by atoms with Crippen LogP contribution in [0.4, 0.5) is 5.69 Å². The number of halogens is 1. The minimum atomic E-state index is 0.728. The van der Waals surface area contributed by atoms with Gasteiger partial charge in [-0.15, -0.1) is 0 Å². The number of hydrogen-bond acceptors (Lipinski definition) is 3. The highest BCUT2D eigenvalue weighted by molar-refractivity contribution is 6.30. The van der Waals surface area contributed by atoms with Crippen LogP contribution >= 0.6 is 11.6 Å². The lowest BCUT2D eigenvalue weighted by molar-refractivity contribution is 0.312. The highest BCUT2D eigenvalue weighted by Gasteiger charge is 2.19. The van der Waals surface area contributed by atoms with Crippen LogP contribution < -0.4 is 9.64 Å². The summed E-state index contributed by atoms with van der Waals surface area (Å²) < 4.78 is 5.52. The molecule has 4 heteroatoms. The second kappa shape index (κ2) is 6.81. The second-order valence-corrected chi connectivity index (χ2v) is 6.41. The smallest absolute Gasteiger partial charge is 0.121 e. The van der Waals surface area contributed by atoms with Gasteiger partial charge >= 0.3 is 0 Å².